The Hall–Kier alpha value is -1.96. The third-order valence-electron chi connectivity index (χ3n) is 3.78. The topological polar surface area (TPSA) is 15.3 Å². The van der Waals surface area contributed by atoms with Gasteiger partial charge in [-0.3, -0.25) is 0 Å². The number of hydrogen-bond acceptors (Lipinski definition) is 2. The fraction of sp³-hybridized carbons (Fsp3) is 0.294. The van der Waals surface area contributed by atoms with Crippen molar-refractivity contribution < 1.29 is 0 Å². The lowest BCUT2D eigenvalue weighted by molar-refractivity contribution is 0.746. The van der Waals surface area contributed by atoms with Crippen LogP contribution in [0.3, 0.4) is 0 Å². The van der Waals surface area contributed by atoms with Crippen LogP contribution >= 0.6 is 0 Å². The second-order valence-corrected chi connectivity index (χ2v) is 5.47. The molecule has 0 saturated carbocycles. The van der Waals surface area contributed by atoms with Gasteiger partial charge in [-0.15, -0.1) is 0 Å². The van der Waals surface area contributed by atoms with Gasteiger partial charge >= 0.3 is 0 Å². The molecule has 1 heterocycles. The summed E-state index contributed by atoms with van der Waals surface area (Å²) in [6, 6.07) is 18.0. The Labute approximate surface area is 115 Å². The van der Waals surface area contributed by atoms with E-state index in [2.05, 4.69) is 72.8 Å². The van der Waals surface area contributed by atoms with Gasteiger partial charge in [0.05, 0.1) is 0 Å². The summed E-state index contributed by atoms with van der Waals surface area (Å²) in [6.07, 6.45) is 2.22. The summed E-state index contributed by atoms with van der Waals surface area (Å²) in [6.45, 7) is 0. The van der Waals surface area contributed by atoms with E-state index in [-0.39, 0.29) is 0 Å². The number of benzene rings is 2. The van der Waals surface area contributed by atoms with Crippen LogP contribution in [0.4, 0.5) is 11.4 Å². The smallest absolute Gasteiger partial charge is 0.0375 e. The fourth-order valence-corrected chi connectivity index (χ4v) is 2.71. The van der Waals surface area contributed by atoms with Crippen molar-refractivity contribution in [2.75, 3.05) is 24.3 Å². The number of hydrogen-bond donors (Lipinski definition) is 1. The molecule has 19 heavy (non-hydrogen) atoms. The Bertz CT molecular complexity index is 533. The van der Waals surface area contributed by atoms with Crippen LogP contribution in [0.25, 0.3) is 0 Å². The number of nitrogens with one attached hydrogen (secondary N) is 1. The van der Waals surface area contributed by atoms with Crippen molar-refractivity contribution in [3.8, 4) is 0 Å². The Balaban J connectivity index is 1.67. The van der Waals surface area contributed by atoms with E-state index >= 15 is 0 Å². The molecule has 2 aromatic carbocycles. The first-order valence-corrected chi connectivity index (χ1v) is 6.83. The van der Waals surface area contributed by atoms with Gasteiger partial charge in [0.25, 0.3) is 0 Å². The number of para-hydroxylation sites is 1. The second-order valence-electron chi connectivity index (χ2n) is 5.47. The van der Waals surface area contributed by atoms with Crippen LogP contribution in [0.5, 0.6) is 0 Å². The molecule has 1 aliphatic heterocycles. The average Bonchev–Trinajstić information content (AvgIpc) is 2.81. The molecule has 0 spiro atoms. The maximum absolute atomic E-state index is 3.61. The van der Waals surface area contributed by atoms with E-state index in [9.17, 15) is 0 Å². The molecule has 1 aliphatic rings. The molecule has 2 nitrogen and oxygen atoms in total. The van der Waals surface area contributed by atoms with E-state index in [0.717, 1.165) is 12.8 Å². The standard InChI is InChI=1S/C17H20N2/c1-19(2)16-9-7-13(8-10-16)11-15-12-14-5-3-4-6-17(14)18-15/h3-10,15,18H,11-12H2,1-2H3. The third-order valence-corrected chi connectivity index (χ3v) is 3.78. The zero-order chi connectivity index (χ0) is 13.2. The molecule has 1 N–H and O–H groups in total. The third kappa shape index (κ3) is 2.58. The molecule has 0 aromatic heterocycles. The van der Waals surface area contributed by atoms with Crippen LogP contribution in [-0.4, -0.2) is 20.1 Å². The maximum Gasteiger partial charge on any atom is 0.0375 e. The predicted molar refractivity (Wildman–Crippen MR) is 82.0 cm³/mol. The van der Waals surface area contributed by atoms with E-state index in [1.54, 1.807) is 0 Å². The average molecular weight is 252 g/mol. The fourth-order valence-electron chi connectivity index (χ4n) is 2.71. The van der Waals surface area contributed by atoms with E-state index in [4.69, 9.17) is 0 Å². The normalized spacial score (nSPS) is 16.8. The minimum absolute atomic E-state index is 0.530. The Kier molecular flexibility index (Phi) is 3.16. The molecule has 0 radical (unpaired) electrons. The Morgan fingerprint density at radius 1 is 1.05 bits per heavy atom. The summed E-state index contributed by atoms with van der Waals surface area (Å²) in [5.41, 5.74) is 5.40. The summed E-state index contributed by atoms with van der Waals surface area (Å²) >= 11 is 0. The molecule has 1 atom stereocenters. The Morgan fingerprint density at radius 2 is 1.79 bits per heavy atom. The van der Waals surface area contributed by atoms with Gasteiger partial charge in [-0.1, -0.05) is 30.3 Å². The summed E-state index contributed by atoms with van der Waals surface area (Å²) in [5.74, 6) is 0. The van der Waals surface area contributed by atoms with E-state index in [1.165, 1.54) is 22.5 Å². The van der Waals surface area contributed by atoms with Gasteiger partial charge in [-0.05, 0) is 42.2 Å². The monoisotopic (exact) mass is 252 g/mol. The number of rotatable bonds is 3. The van der Waals surface area contributed by atoms with Crippen molar-refractivity contribution in [2.24, 2.45) is 0 Å². The first kappa shape index (κ1) is 12.1. The van der Waals surface area contributed by atoms with Crippen molar-refractivity contribution in [1.82, 2.24) is 0 Å². The van der Waals surface area contributed by atoms with Gasteiger partial charge in [0.1, 0.15) is 0 Å². The van der Waals surface area contributed by atoms with Gasteiger partial charge < -0.3 is 10.2 Å². The van der Waals surface area contributed by atoms with E-state index in [1.807, 2.05) is 0 Å². The van der Waals surface area contributed by atoms with Crippen molar-refractivity contribution in [3.05, 3.63) is 59.7 Å². The molecule has 0 aliphatic carbocycles. The SMILES string of the molecule is CN(C)c1ccc(CC2Cc3ccccc3N2)cc1. The molecule has 98 valence electrons. The van der Waals surface area contributed by atoms with Crippen molar-refractivity contribution >= 4 is 11.4 Å². The van der Waals surface area contributed by atoms with Gasteiger partial charge in [0.15, 0.2) is 0 Å². The molecule has 2 aromatic rings. The lowest BCUT2D eigenvalue weighted by atomic mass is 10.0. The zero-order valence-electron chi connectivity index (χ0n) is 11.6. The summed E-state index contributed by atoms with van der Waals surface area (Å²) in [7, 11) is 4.15. The molecule has 1 unspecified atom stereocenters. The summed E-state index contributed by atoms with van der Waals surface area (Å²) in [4.78, 5) is 2.13. The molecular weight excluding hydrogens is 232 g/mol. The van der Waals surface area contributed by atoms with Gasteiger partial charge in [-0.25, -0.2) is 0 Å². The highest BCUT2D eigenvalue weighted by molar-refractivity contribution is 5.57. The second kappa shape index (κ2) is 4.96. The van der Waals surface area contributed by atoms with Gasteiger partial charge in [0, 0.05) is 31.5 Å². The molecular formula is C17H20N2. The maximum atomic E-state index is 3.61. The lowest BCUT2D eigenvalue weighted by Gasteiger charge is -2.14. The highest BCUT2D eigenvalue weighted by atomic mass is 15.1. The largest absolute Gasteiger partial charge is 0.381 e. The highest BCUT2D eigenvalue weighted by Crippen LogP contribution is 2.27. The number of anilines is 2. The number of nitrogens with zero attached hydrogens (tertiary/aromatic N) is 1. The van der Waals surface area contributed by atoms with Gasteiger partial charge in [0.2, 0.25) is 0 Å². The molecule has 0 saturated heterocycles. The zero-order valence-corrected chi connectivity index (χ0v) is 11.6. The van der Waals surface area contributed by atoms with Crippen LogP contribution < -0.4 is 10.2 Å². The molecule has 0 bridgehead atoms. The lowest BCUT2D eigenvalue weighted by Crippen LogP contribution is -2.18. The minimum Gasteiger partial charge on any atom is -0.381 e. The van der Waals surface area contributed by atoms with Crippen LogP contribution in [-0.2, 0) is 12.8 Å². The van der Waals surface area contributed by atoms with Crippen LogP contribution in [0.1, 0.15) is 11.1 Å². The van der Waals surface area contributed by atoms with Crippen molar-refractivity contribution in [2.45, 2.75) is 18.9 Å². The predicted octanol–water partition coefficient (Wildman–Crippen LogP) is 3.33. The first-order chi connectivity index (χ1) is 9.22. The van der Waals surface area contributed by atoms with Crippen molar-refractivity contribution in [1.29, 1.82) is 0 Å². The quantitative estimate of drug-likeness (QED) is 0.901. The van der Waals surface area contributed by atoms with Crippen LogP contribution in [0, 0.1) is 0 Å². The number of fused-ring (bicyclic) bond motifs is 1. The van der Waals surface area contributed by atoms with Crippen LogP contribution in [0.2, 0.25) is 0 Å². The Morgan fingerprint density at radius 3 is 2.47 bits per heavy atom. The van der Waals surface area contributed by atoms with E-state index in [0.29, 0.717) is 6.04 Å². The molecule has 3 rings (SSSR count). The highest BCUT2D eigenvalue weighted by Gasteiger charge is 2.19. The van der Waals surface area contributed by atoms with E-state index < -0.39 is 0 Å². The molecule has 2 heteroatoms. The summed E-state index contributed by atoms with van der Waals surface area (Å²) in [5, 5.41) is 3.61. The minimum atomic E-state index is 0.530. The van der Waals surface area contributed by atoms with Gasteiger partial charge in [-0.2, -0.15) is 0 Å². The first-order valence-electron chi connectivity index (χ1n) is 6.83. The molecule has 0 fully saturated rings. The van der Waals surface area contributed by atoms with Crippen molar-refractivity contribution in [3.63, 3.8) is 0 Å². The van der Waals surface area contributed by atoms with Crippen LogP contribution in [0.15, 0.2) is 48.5 Å². The molecule has 0 amide bonds. The summed E-state index contributed by atoms with van der Waals surface area (Å²) < 4.78 is 0.